The molecule has 0 aliphatic carbocycles. The second kappa shape index (κ2) is 9.60. The molecule has 3 rings (SSSR count). The van der Waals surface area contributed by atoms with Gasteiger partial charge >= 0.3 is 0 Å². The lowest BCUT2D eigenvalue weighted by Crippen LogP contribution is -2.50. The van der Waals surface area contributed by atoms with Gasteiger partial charge < -0.3 is 19.3 Å². The molecule has 8 nitrogen and oxygen atoms in total. The first-order valence-corrected chi connectivity index (χ1v) is 11.9. The maximum absolute atomic E-state index is 13.1. The number of amides is 2. The SMILES string of the molecule is COc1ccc(C(=O)N2CCN(C(=O)c3ccccc3S(=O)(=O)C(C)C)CC2)cc1OC. The van der Waals surface area contributed by atoms with Gasteiger partial charge in [-0.2, -0.15) is 0 Å². The van der Waals surface area contributed by atoms with Gasteiger partial charge in [-0.3, -0.25) is 9.59 Å². The Kier molecular flexibility index (Phi) is 7.08. The van der Waals surface area contributed by atoms with Crippen LogP contribution in [0.25, 0.3) is 0 Å². The third-order valence-electron chi connectivity index (χ3n) is 5.53. The van der Waals surface area contributed by atoms with Crippen LogP contribution >= 0.6 is 0 Å². The van der Waals surface area contributed by atoms with E-state index in [1.54, 1.807) is 60.0 Å². The van der Waals surface area contributed by atoms with E-state index in [-0.39, 0.29) is 22.3 Å². The van der Waals surface area contributed by atoms with Crippen LogP contribution in [0.3, 0.4) is 0 Å². The van der Waals surface area contributed by atoms with E-state index < -0.39 is 15.1 Å². The van der Waals surface area contributed by atoms with Crippen LogP contribution in [0.2, 0.25) is 0 Å². The first kappa shape index (κ1) is 23.6. The highest BCUT2D eigenvalue weighted by Crippen LogP contribution is 2.28. The lowest BCUT2D eigenvalue weighted by atomic mass is 10.1. The van der Waals surface area contributed by atoms with E-state index in [9.17, 15) is 18.0 Å². The molecule has 0 N–H and O–H groups in total. The molecule has 0 unspecified atom stereocenters. The van der Waals surface area contributed by atoms with Gasteiger partial charge in [0.25, 0.3) is 11.8 Å². The lowest BCUT2D eigenvalue weighted by Gasteiger charge is -2.35. The molecule has 0 saturated carbocycles. The lowest BCUT2D eigenvalue weighted by molar-refractivity contribution is 0.0533. The number of sulfone groups is 1. The minimum atomic E-state index is -3.60. The number of ether oxygens (including phenoxy) is 2. The van der Waals surface area contributed by atoms with Crippen molar-refractivity contribution in [3.05, 3.63) is 53.6 Å². The van der Waals surface area contributed by atoms with Crippen LogP contribution in [-0.2, 0) is 9.84 Å². The fourth-order valence-electron chi connectivity index (χ4n) is 3.58. The van der Waals surface area contributed by atoms with Crippen molar-refractivity contribution in [3.63, 3.8) is 0 Å². The van der Waals surface area contributed by atoms with Crippen molar-refractivity contribution in [3.8, 4) is 11.5 Å². The molecule has 2 aromatic rings. The predicted octanol–water partition coefficient (Wildman–Crippen LogP) is 2.48. The van der Waals surface area contributed by atoms with Crippen LogP contribution in [0.4, 0.5) is 0 Å². The molecule has 0 bridgehead atoms. The maximum Gasteiger partial charge on any atom is 0.255 e. The molecule has 2 amide bonds. The Morgan fingerprint density at radius 1 is 0.844 bits per heavy atom. The third-order valence-corrected chi connectivity index (χ3v) is 7.74. The largest absolute Gasteiger partial charge is 0.493 e. The summed E-state index contributed by atoms with van der Waals surface area (Å²) in [5.41, 5.74) is 0.636. The van der Waals surface area contributed by atoms with Crippen LogP contribution in [0.15, 0.2) is 47.4 Å². The standard InChI is InChI=1S/C23H28N2O6S/c1-16(2)32(28,29)21-8-6-5-7-18(21)23(27)25-13-11-24(12-14-25)22(26)17-9-10-19(30-3)20(15-17)31-4/h5-10,15-16H,11-14H2,1-4H3. The minimum absolute atomic E-state index is 0.0452. The van der Waals surface area contributed by atoms with E-state index in [1.807, 2.05) is 0 Å². The van der Waals surface area contributed by atoms with Crippen LogP contribution in [0.1, 0.15) is 34.6 Å². The van der Waals surface area contributed by atoms with Crippen molar-refractivity contribution in [1.29, 1.82) is 0 Å². The van der Waals surface area contributed by atoms with Crippen LogP contribution in [0.5, 0.6) is 11.5 Å². The normalized spacial score (nSPS) is 14.4. The molecule has 0 aromatic heterocycles. The molecule has 0 spiro atoms. The fraction of sp³-hybridized carbons (Fsp3) is 0.391. The number of methoxy groups -OCH3 is 2. The molecule has 1 saturated heterocycles. The second-order valence-electron chi connectivity index (χ2n) is 7.74. The molecule has 9 heteroatoms. The number of nitrogens with zero attached hydrogens (tertiary/aromatic N) is 2. The summed E-state index contributed by atoms with van der Waals surface area (Å²) in [5.74, 6) is 0.494. The number of hydrogen-bond donors (Lipinski definition) is 0. The van der Waals surface area contributed by atoms with Gasteiger partial charge in [0.15, 0.2) is 21.3 Å². The quantitative estimate of drug-likeness (QED) is 0.658. The summed E-state index contributed by atoms with van der Waals surface area (Å²) in [6, 6.07) is 11.3. The molecule has 1 fully saturated rings. The molecule has 1 heterocycles. The maximum atomic E-state index is 13.1. The van der Waals surface area contributed by atoms with Gasteiger partial charge in [-0.15, -0.1) is 0 Å². The fourth-order valence-corrected chi connectivity index (χ4v) is 4.82. The van der Waals surface area contributed by atoms with Crippen molar-refractivity contribution in [2.45, 2.75) is 24.0 Å². The minimum Gasteiger partial charge on any atom is -0.493 e. The van der Waals surface area contributed by atoms with Gasteiger partial charge in [0, 0.05) is 31.7 Å². The molecule has 32 heavy (non-hydrogen) atoms. The van der Waals surface area contributed by atoms with E-state index in [1.165, 1.54) is 20.3 Å². The van der Waals surface area contributed by atoms with Gasteiger partial charge in [0.1, 0.15) is 0 Å². The molecule has 2 aromatic carbocycles. The molecular weight excluding hydrogens is 432 g/mol. The van der Waals surface area contributed by atoms with Crippen LogP contribution in [0, 0.1) is 0 Å². The third kappa shape index (κ3) is 4.57. The summed E-state index contributed by atoms with van der Waals surface area (Å²) < 4.78 is 35.9. The van der Waals surface area contributed by atoms with Crippen molar-refractivity contribution in [2.24, 2.45) is 0 Å². The summed E-state index contributed by atoms with van der Waals surface area (Å²) in [7, 11) is -0.562. The summed E-state index contributed by atoms with van der Waals surface area (Å²) >= 11 is 0. The number of hydrogen-bond acceptors (Lipinski definition) is 6. The van der Waals surface area contributed by atoms with Crippen molar-refractivity contribution in [1.82, 2.24) is 9.80 Å². The zero-order valence-corrected chi connectivity index (χ0v) is 19.5. The smallest absolute Gasteiger partial charge is 0.255 e. The van der Waals surface area contributed by atoms with E-state index in [0.717, 1.165) is 0 Å². The van der Waals surface area contributed by atoms with Gasteiger partial charge in [-0.1, -0.05) is 12.1 Å². The van der Waals surface area contributed by atoms with Crippen molar-refractivity contribution >= 4 is 21.7 Å². The number of benzene rings is 2. The molecule has 0 radical (unpaired) electrons. The van der Waals surface area contributed by atoms with Crippen LogP contribution in [-0.4, -0.2) is 75.7 Å². The van der Waals surface area contributed by atoms with Gasteiger partial charge in [0.2, 0.25) is 0 Å². The zero-order chi connectivity index (χ0) is 23.5. The summed E-state index contributed by atoms with van der Waals surface area (Å²) in [4.78, 5) is 29.3. The highest BCUT2D eigenvalue weighted by Gasteiger charge is 2.30. The highest BCUT2D eigenvalue weighted by atomic mass is 32.2. The predicted molar refractivity (Wildman–Crippen MR) is 120 cm³/mol. The zero-order valence-electron chi connectivity index (χ0n) is 18.7. The molecular formula is C23H28N2O6S. The monoisotopic (exact) mass is 460 g/mol. The van der Waals surface area contributed by atoms with Gasteiger partial charge in [-0.05, 0) is 44.2 Å². The number of carbonyl (C=O) groups excluding carboxylic acids is 2. The Labute approximate surface area is 188 Å². The van der Waals surface area contributed by atoms with Crippen molar-refractivity contribution < 1.29 is 27.5 Å². The molecule has 0 atom stereocenters. The summed E-state index contributed by atoms with van der Waals surface area (Å²) in [6.45, 7) is 4.50. The van der Waals surface area contributed by atoms with E-state index in [4.69, 9.17) is 9.47 Å². The average molecular weight is 461 g/mol. The molecule has 1 aliphatic rings. The number of carbonyl (C=O) groups is 2. The Hall–Kier alpha value is -3.07. The summed E-state index contributed by atoms with van der Waals surface area (Å²) in [5, 5.41) is -0.632. The summed E-state index contributed by atoms with van der Waals surface area (Å²) in [6.07, 6.45) is 0. The topological polar surface area (TPSA) is 93.2 Å². The Morgan fingerprint density at radius 2 is 1.41 bits per heavy atom. The van der Waals surface area contributed by atoms with E-state index in [2.05, 4.69) is 0 Å². The Bertz CT molecular complexity index is 1110. The van der Waals surface area contributed by atoms with E-state index in [0.29, 0.717) is 43.2 Å². The van der Waals surface area contributed by atoms with Gasteiger partial charge in [-0.25, -0.2) is 8.42 Å². The van der Waals surface area contributed by atoms with Crippen LogP contribution < -0.4 is 9.47 Å². The second-order valence-corrected chi connectivity index (χ2v) is 10.2. The van der Waals surface area contributed by atoms with Crippen molar-refractivity contribution in [2.75, 3.05) is 40.4 Å². The highest BCUT2D eigenvalue weighted by molar-refractivity contribution is 7.92. The molecule has 172 valence electrons. The van der Waals surface area contributed by atoms with E-state index >= 15 is 0 Å². The number of rotatable bonds is 6. The first-order chi connectivity index (χ1) is 15.2. The average Bonchev–Trinajstić information content (AvgIpc) is 2.82. The number of piperazine rings is 1. The Balaban J connectivity index is 1.73. The van der Waals surface area contributed by atoms with Gasteiger partial charge in [0.05, 0.1) is 29.9 Å². The first-order valence-electron chi connectivity index (χ1n) is 10.3. The Morgan fingerprint density at radius 3 is 1.97 bits per heavy atom. The molecule has 1 aliphatic heterocycles.